The van der Waals surface area contributed by atoms with E-state index in [-0.39, 0.29) is 5.91 Å². The number of nitrogens with one attached hydrogen (secondary N) is 1. The Morgan fingerprint density at radius 1 is 1.50 bits per heavy atom. The van der Waals surface area contributed by atoms with Crippen molar-refractivity contribution in [2.45, 2.75) is 54.9 Å². The van der Waals surface area contributed by atoms with Crippen molar-refractivity contribution >= 4 is 29.2 Å². The van der Waals surface area contributed by atoms with Crippen molar-refractivity contribution in [3.8, 4) is 0 Å². The van der Waals surface area contributed by atoms with Gasteiger partial charge >= 0.3 is 0 Å². The van der Waals surface area contributed by atoms with Crippen LogP contribution in [-0.4, -0.2) is 32.6 Å². The summed E-state index contributed by atoms with van der Waals surface area (Å²) in [7, 11) is 0. The second-order valence-electron chi connectivity index (χ2n) is 5.65. The third-order valence-electron chi connectivity index (χ3n) is 3.94. The van der Waals surface area contributed by atoms with Gasteiger partial charge in [0.25, 0.3) is 0 Å². The van der Waals surface area contributed by atoms with Crippen molar-refractivity contribution in [3.05, 3.63) is 5.82 Å². The van der Waals surface area contributed by atoms with Crippen LogP contribution in [0.15, 0.2) is 4.34 Å². The minimum atomic E-state index is -0.552. The summed E-state index contributed by atoms with van der Waals surface area (Å²) in [4.78, 5) is 16.5. The van der Waals surface area contributed by atoms with E-state index in [2.05, 4.69) is 14.7 Å². The van der Waals surface area contributed by atoms with Gasteiger partial charge in [-0.1, -0.05) is 18.7 Å². The molecular weight excluding hydrogens is 292 g/mol. The van der Waals surface area contributed by atoms with Gasteiger partial charge in [0.15, 0.2) is 4.34 Å². The van der Waals surface area contributed by atoms with Gasteiger partial charge in [0.2, 0.25) is 5.91 Å². The first-order valence-corrected chi connectivity index (χ1v) is 8.93. The van der Waals surface area contributed by atoms with Gasteiger partial charge in [-0.2, -0.15) is 4.37 Å². The van der Waals surface area contributed by atoms with Crippen molar-refractivity contribution in [2.24, 2.45) is 11.7 Å². The van der Waals surface area contributed by atoms with Crippen LogP contribution in [0.3, 0.4) is 0 Å². The highest BCUT2D eigenvalue weighted by molar-refractivity contribution is 8.01. The van der Waals surface area contributed by atoms with Crippen LogP contribution in [0.2, 0.25) is 0 Å². The van der Waals surface area contributed by atoms with Gasteiger partial charge in [-0.15, -0.1) is 0 Å². The lowest BCUT2D eigenvalue weighted by Crippen LogP contribution is -2.60. The number of hydrogen-bond acceptors (Lipinski definition) is 6. The normalized spacial score (nSPS) is 21.6. The summed E-state index contributed by atoms with van der Waals surface area (Å²) in [6.45, 7) is 2.04. The minimum absolute atomic E-state index is 0.209. The summed E-state index contributed by atoms with van der Waals surface area (Å²) in [6, 6.07) is 0.476. The van der Waals surface area contributed by atoms with Crippen molar-refractivity contribution in [2.75, 3.05) is 5.75 Å². The Bertz CT molecular complexity index is 498. The fourth-order valence-corrected chi connectivity index (χ4v) is 4.39. The Kier molecular flexibility index (Phi) is 4.01. The zero-order valence-electron chi connectivity index (χ0n) is 11.6. The van der Waals surface area contributed by atoms with Crippen molar-refractivity contribution in [3.63, 3.8) is 0 Å². The van der Waals surface area contributed by atoms with Gasteiger partial charge in [-0.05, 0) is 43.1 Å². The molecule has 110 valence electrons. The Balaban J connectivity index is 1.70. The SMILES string of the molecule is CCc1nsc(SCC(NC2CC2)(C(N)=O)C2CC2)n1. The van der Waals surface area contributed by atoms with Crippen LogP contribution < -0.4 is 11.1 Å². The quantitative estimate of drug-likeness (QED) is 0.712. The van der Waals surface area contributed by atoms with Crippen LogP contribution in [0, 0.1) is 5.92 Å². The van der Waals surface area contributed by atoms with Crippen LogP contribution in [0.5, 0.6) is 0 Å². The van der Waals surface area contributed by atoms with E-state index < -0.39 is 5.54 Å². The molecule has 1 aromatic heterocycles. The molecule has 0 radical (unpaired) electrons. The van der Waals surface area contributed by atoms with Gasteiger partial charge in [-0.25, -0.2) is 4.98 Å². The summed E-state index contributed by atoms with van der Waals surface area (Å²) in [6.07, 6.45) is 5.36. The molecule has 7 heteroatoms. The fraction of sp³-hybridized carbons (Fsp3) is 0.769. The number of aromatic nitrogens is 2. The van der Waals surface area contributed by atoms with Gasteiger partial charge in [0, 0.05) is 18.2 Å². The molecule has 2 fully saturated rings. The molecule has 2 aliphatic carbocycles. The number of carbonyl (C=O) groups excluding carboxylic acids is 1. The summed E-state index contributed by atoms with van der Waals surface area (Å²) in [5, 5.41) is 3.52. The molecular formula is C13H20N4OS2. The third kappa shape index (κ3) is 2.99. The Hall–Kier alpha value is -0.660. The molecule has 3 N–H and O–H groups in total. The van der Waals surface area contributed by atoms with E-state index in [4.69, 9.17) is 5.73 Å². The van der Waals surface area contributed by atoms with Crippen molar-refractivity contribution in [1.82, 2.24) is 14.7 Å². The molecule has 0 aliphatic heterocycles. The molecule has 2 aliphatic rings. The number of thioether (sulfide) groups is 1. The lowest BCUT2D eigenvalue weighted by molar-refractivity contribution is -0.124. The first-order chi connectivity index (χ1) is 9.64. The maximum absolute atomic E-state index is 12.1. The molecule has 1 aromatic rings. The first kappa shape index (κ1) is 14.3. The highest BCUT2D eigenvalue weighted by atomic mass is 32.2. The molecule has 3 rings (SSSR count). The number of nitrogens with zero attached hydrogens (tertiary/aromatic N) is 2. The zero-order valence-corrected chi connectivity index (χ0v) is 13.2. The van der Waals surface area contributed by atoms with E-state index in [1.165, 1.54) is 11.5 Å². The number of hydrogen-bond donors (Lipinski definition) is 2. The highest BCUT2D eigenvalue weighted by Crippen LogP contribution is 2.44. The number of rotatable bonds is 8. The van der Waals surface area contributed by atoms with Crippen LogP contribution in [0.1, 0.15) is 38.4 Å². The van der Waals surface area contributed by atoms with Crippen molar-refractivity contribution < 1.29 is 4.79 Å². The maximum Gasteiger partial charge on any atom is 0.238 e. The van der Waals surface area contributed by atoms with Crippen LogP contribution in [0.4, 0.5) is 0 Å². The van der Waals surface area contributed by atoms with Crippen LogP contribution in [-0.2, 0) is 11.2 Å². The monoisotopic (exact) mass is 312 g/mol. The molecule has 1 amide bonds. The topological polar surface area (TPSA) is 80.9 Å². The third-order valence-corrected chi connectivity index (χ3v) is 6.01. The largest absolute Gasteiger partial charge is 0.368 e. The average Bonchev–Trinajstić information content (AvgIpc) is 3.34. The van der Waals surface area contributed by atoms with E-state index in [9.17, 15) is 4.79 Å². The Labute approximate surface area is 127 Å². The number of aryl methyl sites for hydroxylation is 1. The predicted molar refractivity (Wildman–Crippen MR) is 80.8 cm³/mol. The number of carbonyl (C=O) groups is 1. The second kappa shape index (κ2) is 5.61. The molecule has 1 heterocycles. The van der Waals surface area contributed by atoms with Crippen LogP contribution in [0.25, 0.3) is 0 Å². The summed E-state index contributed by atoms with van der Waals surface area (Å²) in [5.41, 5.74) is 5.19. The van der Waals surface area contributed by atoms with Crippen LogP contribution >= 0.6 is 23.3 Å². The Morgan fingerprint density at radius 2 is 2.25 bits per heavy atom. The molecule has 0 aromatic carbocycles. The standard InChI is InChI=1S/C13H20N4OS2/c1-2-10-15-12(20-17-10)19-7-13(11(14)18,8-3-4-8)16-9-5-6-9/h8-9,16H,2-7H2,1H3,(H2,14,18). The average molecular weight is 312 g/mol. The number of primary amides is 1. The number of amides is 1. The van der Waals surface area contributed by atoms with Gasteiger partial charge in [0.1, 0.15) is 11.4 Å². The summed E-state index contributed by atoms with van der Waals surface area (Å²) >= 11 is 3.03. The summed E-state index contributed by atoms with van der Waals surface area (Å²) < 4.78 is 5.22. The van der Waals surface area contributed by atoms with Crippen molar-refractivity contribution in [1.29, 1.82) is 0 Å². The molecule has 0 bridgehead atoms. The fourth-order valence-electron chi connectivity index (χ4n) is 2.40. The molecule has 1 unspecified atom stereocenters. The highest BCUT2D eigenvalue weighted by Gasteiger charge is 2.51. The number of nitrogens with two attached hydrogens (primary N) is 1. The predicted octanol–water partition coefficient (Wildman–Crippen LogP) is 1.58. The summed E-state index contributed by atoms with van der Waals surface area (Å²) in [5.74, 6) is 1.73. The van der Waals surface area contributed by atoms with E-state index in [0.29, 0.717) is 17.7 Å². The molecule has 5 nitrogen and oxygen atoms in total. The minimum Gasteiger partial charge on any atom is -0.368 e. The second-order valence-corrected chi connectivity index (χ2v) is 7.62. The smallest absolute Gasteiger partial charge is 0.238 e. The maximum atomic E-state index is 12.1. The molecule has 2 saturated carbocycles. The van der Waals surface area contributed by atoms with E-state index in [0.717, 1.165) is 42.3 Å². The molecule has 0 spiro atoms. The Morgan fingerprint density at radius 3 is 2.75 bits per heavy atom. The van der Waals surface area contributed by atoms with E-state index in [1.807, 2.05) is 6.92 Å². The molecule has 20 heavy (non-hydrogen) atoms. The molecule has 1 atom stereocenters. The van der Waals surface area contributed by atoms with Gasteiger partial charge < -0.3 is 5.73 Å². The molecule has 0 saturated heterocycles. The van der Waals surface area contributed by atoms with E-state index in [1.54, 1.807) is 11.8 Å². The van der Waals surface area contributed by atoms with E-state index >= 15 is 0 Å². The van der Waals surface area contributed by atoms with Gasteiger partial charge in [-0.3, -0.25) is 10.1 Å². The lowest BCUT2D eigenvalue weighted by atomic mass is 9.94. The lowest BCUT2D eigenvalue weighted by Gasteiger charge is -2.31. The zero-order chi connectivity index (χ0) is 14.2. The first-order valence-electron chi connectivity index (χ1n) is 7.17. The van der Waals surface area contributed by atoms with Gasteiger partial charge in [0.05, 0.1) is 0 Å².